The number of allylic oxidation sites excluding steroid dienone is 4. The van der Waals surface area contributed by atoms with E-state index in [1.807, 2.05) is 18.2 Å². The summed E-state index contributed by atoms with van der Waals surface area (Å²) in [6, 6.07) is 5.79. The highest BCUT2D eigenvalue weighted by Gasteiger charge is 2.34. The number of carbonyl (C=O) groups is 1. The lowest BCUT2D eigenvalue weighted by Crippen LogP contribution is -1.98. The van der Waals surface area contributed by atoms with Gasteiger partial charge in [-0.25, -0.2) is 0 Å². The lowest BCUT2D eigenvalue weighted by atomic mass is 9.98. The number of ketones is 1. The second kappa shape index (κ2) is 3.67. The molecule has 0 unspecified atom stereocenters. The smallest absolute Gasteiger partial charge is 0.194 e. The monoisotopic (exact) mass is 338 g/mol. The summed E-state index contributed by atoms with van der Waals surface area (Å²) in [4.78, 5) is 12.2. The topological polar surface area (TPSA) is 17.1 Å². The van der Waals surface area contributed by atoms with Crippen LogP contribution >= 0.6 is 31.9 Å². The van der Waals surface area contributed by atoms with Gasteiger partial charge in [-0.2, -0.15) is 0 Å². The van der Waals surface area contributed by atoms with E-state index in [1.165, 1.54) is 0 Å². The molecule has 0 aromatic heterocycles. The molecule has 3 rings (SSSR count). The van der Waals surface area contributed by atoms with Gasteiger partial charge in [-0.15, -0.1) is 0 Å². The molecule has 2 aliphatic rings. The van der Waals surface area contributed by atoms with E-state index < -0.39 is 0 Å². The predicted octanol–water partition coefficient (Wildman–Crippen LogP) is 4.47. The van der Waals surface area contributed by atoms with E-state index in [0.717, 1.165) is 44.1 Å². The fraction of sp³-hybridized carbons (Fsp3) is 0.154. The van der Waals surface area contributed by atoms with Crippen LogP contribution in [0.3, 0.4) is 0 Å². The number of fused-ring (bicyclic) bond motifs is 3. The van der Waals surface area contributed by atoms with Gasteiger partial charge in [0.05, 0.1) is 0 Å². The van der Waals surface area contributed by atoms with E-state index in [2.05, 4.69) is 37.9 Å². The van der Waals surface area contributed by atoms with Gasteiger partial charge >= 0.3 is 0 Å². The molecular formula is C13H8Br2O. The van der Waals surface area contributed by atoms with Crippen molar-refractivity contribution in [1.82, 2.24) is 0 Å². The third-order valence-electron chi connectivity index (χ3n) is 3.01. The summed E-state index contributed by atoms with van der Waals surface area (Å²) in [6.45, 7) is 0. The number of Topliss-reactive ketones (excluding diaryl/α,β-unsaturated/α-hetero) is 1. The summed E-state index contributed by atoms with van der Waals surface area (Å²) in [5.74, 6) is 0.156. The molecule has 80 valence electrons. The normalized spacial score (nSPS) is 18.4. The van der Waals surface area contributed by atoms with Crippen molar-refractivity contribution in [2.45, 2.75) is 12.8 Å². The van der Waals surface area contributed by atoms with E-state index in [-0.39, 0.29) is 5.78 Å². The molecule has 0 amide bonds. The Kier molecular flexibility index (Phi) is 2.41. The van der Waals surface area contributed by atoms with Gasteiger partial charge in [0.1, 0.15) is 0 Å². The van der Waals surface area contributed by atoms with E-state index in [4.69, 9.17) is 0 Å². The Hall–Kier alpha value is -0.670. The van der Waals surface area contributed by atoms with Crippen molar-refractivity contribution in [2.75, 3.05) is 0 Å². The SMILES string of the molecule is O=C1C2=CCCC(Br)=C2c2c(Br)cccc21. The highest BCUT2D eigenvalue weighted by molar-refractivity contribution is 9.12. The summed E-state index contributed by atoms with van der Waals surface area (Å²) in [5.41, 5.74) is 3.80. The van der Waals surface area contributed by atoms with Crippen molar-refractivity contribution >= 4 is 43.2 Å². The van der Waals surface area contributed by atoms with Gasteiger partial charge < -0.3 is 0 Å². The van der Waals surface area contributed by atoms with E-state index in [9.17, 15) is 4.79 Å². The summed E-state index contributed by atoms with van der Waals surface area (Å²) in [5, 5.41) is 0. The molecule has 0 spiro atoms. The molecule has 16 heavy (non-hydrogen) atoms. The molecule has 0 saturated heterocycles. The first-order valence-corrected chi connectivity index (χ1v) is 6.71. The van der Waals surface area contributed by atoms with Gasteiger partial charge in [0.15, 0.2) is 5.78 Å². The number of carbonyl (C=O) groups excluding carboxylic acids is 1. The second-order valence-corrected chi connectivity index (χ2v) is 5.74. The number of hydrogen-bond donors (Lipinski definition) is 0. The Morgan fingerprint density at radius 3 is 2.81 bits per heavy atom. The van der Waals surface area contributed by atoms with Gasteiger partial charge in [-0.1, -0.05) is 50.1 Å². The summed E-state index contributed by atoms with van der Waals surface area (Å²) >= 11 is 7.12. The highest BCUT2D eigenvalue weighted by Crippen LogP contribution is 2.46. The Bertz CT molecular complexity index is 567. The standard InChI is InChI=1S/C13H8Br2O/c14-9-5-1-3-7-11(9)12-8(13(7)16)4-2-6-10(12)15/h1,3-5H,2,6H2. The maximum Gasteiger partial charge on any atom is 0.194 e. The fourth-order valence-corrected chi connectivity index (χ4v) is 3.51. The van der Waals surface area contributed by atoms with E-state index in [1.54, 1.807) is 0 Å². The van der Waals surface area contributed by atoms with Crippen molar-refractivity contribution in [3.63, 3.8) is 0 Å². The van der Waals surface area contributed by atoms with Crippen LogP contribution in [0.4, 0.5) is 0 Å². The molecule has 1 nitrogen and oxygen atoms in total. The van der Waals surface area contributed by atoms with Gasteiger partial charge in [-0.3, -0.25) is 4.79 Å². The van der Waals surface area contributed by atoms with Crippen LogP contribution in [0.1, 0.15) is 28.8 Å². The first-order chi connectivity index (χ1) is 7.70. The zero-order valence-corrected chi connectivity index (χ0v) is 11.6. The van der Waals surface area contributed by atoms with Crippen LogP contribution in [0, 0.1) is 0 Å². The number of rotatable bonds is 0. The van der Waals surface area contributed by atoms with Crippen LogP contribution in [0.25, 0.3) is 5.57 Å². The quantitative estimate of drug-likeness (QED) is 0.681. The number of halogens is 2. The summed E-state index contributed by atoms with van der Waals surface area (Å²) in [6.07, 6.45) is 3.97. The van der Waals surface area contributed by atoms with Crippen LogP contribution in [0.5, 0.6) is 0 Å². The van der Waals surface area contributed by atoms with Crippen LogP contribution in [0.2, 0.25) is 0 Å². The van der Waals surface area contributed by atoms with Crippen LogP contribution < -0.4 is 0 Å². The Morgan fingerprint density at radius 1 is 1.19 bits per heavy atom. The average Bonchev–Trinajstić information content (AvgIpc) is 2.56. The third-order valence-corrected chi connectivity index (χ3v) is 4.46. The molecule has 1 aromatic rings. The van der Waals surface area contributed by atoms with Crippen molar-refractivity contribution < 1.29 is 4.79 Å². The van der Waals surface area contributed by atoms with Crippen LogP contribution in [0.15, 0.2) is 38.8 Å². The second-order valence-electron chi connectivity index (χ2n) is 3.93. The molecule has 0 aliphatic heterocycles. The molecule has 0 N–H and O–H groups in total. The zero-order valence-electron chi connectivity index (χ0n) is 8.39. The first kappa shape index (κ1) is 10.5. The third kappa shape index (κ3) is 1.31. The molecule has 0 saturated carbocycles. The van der Waals surface area contributed by atoms with Gasteiger partial charge in [0.25, 0.3) is 0 Å². The molecule has 0 atom stereocenters. The molecule has 1 aromatic carbocycles. The molecule has 2 aliphatic carbocycles. The number of hydrogen-bond acceptors (Lipinski definition) is 1. The maximum absolute atomic E-state index is 12.2. The number of benzene rings is 1. The Morgan fingerprint density at radius 2 is 2.00 bits per heavy atom. The van der Waals surface area contributed by atoms with Crippen LogP contribution in [-0.4, -0.2) is 5.78 Å². The summed E-state index contributed by atoms with van der Waals surface area (Å²) < 4.78 is 2.14. The van der Waals surface area contributed by atoms with Gasteiger partial charge in [0, 0.05) is 31.2 Å². The summed E-state index contributed by atoms with van der Waals surface area (Å²) in [7, 11) is 0. The molecule has 0 radical (unpaired) electrons. The molecule has 3 heteroatoms. The first-order valence-electron chi connectivity index (χ1n) is 5.13. The minimum atomic E-state index is 0.156. The van der Waals surface area contributed by atoms with E-state index in [0.29, 0.717) is 0 Å². The zero-order chi connectivity index (χ0) is 11.3. The fourth-order valence-electron chi connectivity index (χ4n) is 2.31. The van der Waals surface area contributed by atoms with Crippen molar-refractivity contribution in [3.8, 4) is 0 Å². The predicted molar refractivity (Wildman–Crippen MR) is 71.6 cm³/mol. The molecular weight excluding hydrogens is 332 g/mol. The molecule has 0 heterocycles. The minimum Gasteiger partial charge on any atom is -0.289 e. The maximum atomic E-state index is 12.2. The lowest BCUT2D eigenvalue weighted by molar-refractivity contribution is 0.104. The molecule has 0 bridgehead atoms. The van der Waals surface area contributed by atoms with Crippen molar-refractivity contribution in [3.05, 3.63) is 49.9 Å². The highest BCUT2D eigenvalue weighted by atomic mass is 79.9. The largest absolute Gasteiger partial charge is 0.289 e. The Balaban J connectivity index is 2.39. The van der Waals surface area contributed by atoms with E-state index >= 15 is 0 Å². The molecule has 0 fully saturated rings. The van der Waals surface area contributed by atoms with Crippen LogP contribution in [-0.2, 0) is 0 Å². The Labute approximate surface area is 110 Å². The van der Waals surface area contributed by atoms with Crippen molar-refractivity contribution in [1.29, 1.82) is 0 Å². The van der Waals surface area contributed by atoms with Gasteiger partial charge in [0.2, 0.25) is 0 Å². The minimum absolute atomic E-state index is 0.156. The van der Waals surface area contributed by atoms with Crippen molar-refractivity contribution in [2.24, 2.45) is 0 Å². The van der Waals surface area contributed by atoms with Gasteiger partial charge in [-0.05, 0) is 18.9 Å². The average molecular weight is 340 g/mol. The lowest BCUT2D eigenvalue weighted by Gasteiger charge is -2.12.